The van der Waals surface area contributed by atoms with E-state index in [4.69, 9.17) is 5.11 Å². The highest BCUT2D eigenvalue weighted by Gasteiger charge is 2.17. The molecule has 0 fully saturated rings. The number of carbonyl (C=O) groups is 2. The average molecular weight is 336 g/mol. The first-order valence-corrected chi connectivity index (χ1v) is 8.36. The van der Waals surface area contributed by atoms with E-state index in [-0.39, 0.29) is 12.3 Å². The van der Waals surface area contributed by atoms with Crippen LogP contribution in [0.25, 0.3) is 10.2 Å². The van der Waals surface area contributed by atoms with Gasteiger partial charge in [-0.3, -0.25) is 4.79 Å². The molecular weight excluding hydrogens is 316 g/mol. The summed E-state index contributed by atoms with van der Waals surface area (Å²) in [6.45, 7) is 4.18. The number of nitrogens with zero attached hydrogens (tertiary/aromatic N) is 2. The van der Waals surface area contributed by atoms with Crippen molar-refractivity contribution in [2.75, 3.05) is 11.9 Å². The highest BCUT2D eigenvalue weighted by Crippen LogP contribution is 2.28. The highest BCUT2D eigenvalue weighted by molar-refractivity contribution is 7.18. The summed E-state index contributed by atoms with van der Waals surface area (Å²) in [5.74, 6) is -0.614. The van der Waals surface area contributed by atoms with Crippen LogP contribution in [-0.4, -0.2) is 39.5 Å². The molecule has 1 unspecified atom stereocenters. The van der Waals surface area contributed by atoms with Crippen molar-refractivity contribution in [1.29, 1.82) is 0 Å². The number of carboxylic acids is 1. The number of aromatic nitrogens is 2. The molecule has 2 aromatic rings. The van der Waals surface area contributed by atoms with Gasteiger partial charge in [0.1, 0.15) is 23.0 Å². The Bertz CT molecular complexity index is 701. The van der Waals surface area contributed by atoms with Gasteiger partial charge in [0.25, 0.3) is 0 Å². The fourth-order valence-corrected chi connectivity index (χ4v) is 3.05. The third-order valence-corrected chi connectivity index (χ3v) is 4.60. The minimum absolute atomic E-state index is 0.181. The van der Waals surface area contributed by atoms with Gasteiger partial charge in [-0.2, -0.15) is 0 Å². The number of rotatable bonds is 8. The SMILES string of the molecule is CCc1cc2c(NCCC(=O)NC(CC)C(=O)O)ncnc2s1. The third kappa shape index (κ3) is 4.38. The molecule has 124 valence electrons. The van der Waals surface area contributed by atoms with Gasteiger partial charge < -0.3 is 15.7 Å². The summed E-state index contributed by atoms with van der Waals surface area (Å²) in [4.78, 5) is 33.3. The molecular formula is C15H20N4O3S. The molecule has 1 amide bonds. The van der Waals surface area contributed by atoms with Crippen molar-refractivity contribution in [2.45, 2.75) is 39.2 Å². The van der Waals surface area contributed by atoms with Crippen molar-refractivity contribution in [1.82, 2.24) is 15.3 Å². The summed E-state index contributed by atoms with van der Waals surface area (Å²) in [7, 11) is 0. The van der Waals surface area contributed by atoms with Gasteiger partial charge in [0, 0.05) is 17.8 Å². The average Bonchev–Trinajstić information content (AvgIpc) is 2.96. The fourth-order valence-electron chi connectivity index (χ4n) is 2.12. The van der Waals surface area contributed by atoms with E-state index in [9.17, 15) is 9.59 Å². The Kier molecular flexibility index (Phi) is 5.86. The molecule has 0 saturated carbocycles. The number of aliphatic carboxylic acids is 1. The number of fused-ring (bicyclic) bond motifs is 1. The molecule has 0 aliphatic heterocycles. The van der Waals surface area contributed by atoms with E-state index in [1.807, 2.05) is 0 Å². The van der Waals surface area contributed by atoms with Gasteiger partial charge in [0.05, 0.1) is 5.39 Å². The second-order valence-corrected chi connectivity index (χ2v) is 6.17. The van der Waals surface area contributed by atoms with Gasteiger partial charge in [-0.05, 0) is 18.9 Å². The van der Waals surface area contributed by atoms with Crippen molar-refractivity contribution < 1.29 is 14.7 Å². The number of carbonyl (C=O) groups excluding carboxylic acids is 1. The molecule has 3 N–H and O–H groups in total. The first-order valence-electron chi connectivity index (χ1n) is 7.54. The topological polar surface area (TPSA) is 104 Å². The van der Waals surface area contributed by atoms with E-state index in [0.717, 1.165) is 16.6 Å². The maximum Gasteiger partial charge on any atom is 0.326 e. The monoisotopic (exact) mass is 336 g/mol. The molecule has 8 heteroatoms. The lowest BCUT2D eigenvalue weighted by Crippen LogP contribution is -2.40. The summed E-state index contributed by atoms with van der Waals surface area (Å²) in [5, 5.41) is 15.5. The summed E-state index contributed by atoms with van der Waals surface area (Å²) >= 11 is 1.63. The van der Waals surface area contributed by atoms with Crippen LogP contribution < -0.4 is 10.6 Å². The van der Waals surface area contributed by atoms with Crippen molar-refractivity contribution >= 4 is 39.2 Å². The number of hydrogen-bond acceptors (Lipinski definition) is 6. The second-order valence-electron chi connectivity index (χ2n) is 5.05. The molecule has 0 aliphatic carbocycles. The molecule has 0 spiro atoms. The number of nitrogens with one attached hydrogen (secondary N) is 2. The van der Waals surface area contributed by atoms with Gasteiger partial charge in [0.15, 0.2) is 0 Å². The van der Waals surface area contributed by atoms with Crippen LogP contribution in [0.4, 0.5) is 5.82 Å². The zero-order valence-electron chi connectivity index (χ0n) is 13.1. The van der Waals surface area contributed by atoms with Gasteiger partial charge in [-0.15, -0.1) is 11.3 Å². The summed E-state index contributed by atoms with van der Waals surface area (Å²) in [6, 6.07) is 1.22. The van der Waals surface area contributed by atoms with Crippen LogP contribution >= 0.6 is 11.3 Å². The molecule has 0 bridgehead atoms. The van der Waals surface area contributed by atoms with Gasteiger partial charge in [-0.25, -0.2) is 14.8 Å². The summed E-state index contributed by atoms with van der Waals surface area (Å²) < 4.78 is 0. The lowest BCUT2D eigenvalue weighted by Gasteiger charge is -2.12. The maximum atomic E-state index is 11.8. The van der Waals surface area contributed by atoms with Crippen LogP contribution in [0.5, 0.6) is 0 Å². The van der Waals surface area contributed by atoms with E-state index in [1.165, 1.54) is 11.2 Å². The zero-order chi connectivity index (χ0) is 16.8. The first kappa shape index (κ1) is 17.1. The van der Waals surface area contributed by atoms with Crippen LogP contribution in [0.1, 0.15) is 31.6 Å². The molecule has 7 nitrogen and oxygen atoms in total. The molecule has 23 heavy (non-hydrogen) atoms. The number of amides is 1. The number of aryl methyl sites for hydroxylation is 1. The first-order chi connectivity index (χ1) is 11.0. The number of anilines is 1. The number of thiophene rings is 1. The molecule has 0 saturated heterocycles. The number of hydrogen-bond donors (Lipinski definition) is 3. The minimum Gasteiger partial charge on any atom is -0.480 e. The van der Waals surface area contributed by atoms with Crippen LogP contribution in [0, 0.1) is 0 Å². The van der Waals surface area contributed by atoms with Gasteiger partial charge >= 0.3 is 5.97 Å². The normalized spacial score (nSPS) is 12.1. The molecule has 0 radical (unpaired) electrons. The van der Waals surface area contributed by atoms with E-state index < -0.39 is 12.0 Å². The lowest BCUT2D eigenvalue weighted by molar-refractivity contribution is -0.141. The fraction of sp³-hybridized carbons (Fsp3) is 0.467. The highest BCUT2D eigenvalue weighted by atomic mass is 32.1. The van der Waals surface area contributed by atoms with Crippen molar-refractivity contribution in [3.8, 4) is 0 Å². The number of carboxylic acid groups (broad SMARTS) is 1. The molecule has 2 rings (SSSR count). The second kappa shape index (κ2) is 7.87. The van der Waals surface area contributed by atoms with Crippen molar-refractivity contribution in [3.63, 3.8) is 0 Å². The Morgan fingerprint density at radius 1 is 1.35 bits per heavy atom. The maximum absolute atomic E-state index is 11.8. The Morgan fingerprint density at radius 3 is 2.78 bits per heavy atom. The molecule has 1 atom stereocenters. The minimum atomic E-state index is -1.02. The van der Waals surface area contributed by atoms with E-state index >= 15 is 0 Å². The quantitative estimate of drug-likeness (QED) is 0.681. The van der Waals surface area contributed by atoms with E-state index in [2.05, 4.69) is 33.6 Å². The zero-order valence-corrected chi connectivity index (χ0v) is 13.9. The van der Waals surface area contributed by atoms with E-state index in [1.54, 1.807) is 18.3 Å². The molecule has 0 aromatic carbocycles. The van der Waals surface area contributed by atoms with Crippen LogP contribution in [0.2, 0.25) is 0 Å². The van der Waals surface area contributed by atoms with Gasteiger partial charge in [-0.1, -0.05) is 13.8 Å². The predicted molar refractivity (Wildman–Crippen MR) is 89.8 cm³/mol. The Morgan fingerprint density at radius 2 is 2.13 bits per heavy atom. The van der Waals surface area contributed by atoms with Crippen LogP contribution in [-0.2, 0) is 16.0 Å². The Balaban J connectivity index is 1.92. The standard InChI is InChI=1S/C15H20N4O3S/c1-3-9-7-10-13(17-8-18-14(10)23-9)16-6-5-12(20)19-11(4-2)15(21)22/h7-8,11H,3-6H2,1-2H3,(H,19,20)(H,21,22)(H,16,17,18). The van der Waals surface area contributed by atoms with Crippen LogP contribution in [0.3, 0.4) is 0 Å². The van der Waals surface area contributed by atoms with Crippen molar-refractivity contribution in [2.24, 2.45) is 0 Å². The molecule has 0 aliphatic rings. The summed E-state index contributed by atoms with van der Waals surface area (Å²) in [5.41, 5.74) is 0. The van der Waals surface area contributed by atoms with Crippen molar-refractivity contribution in [3.05, 3.63) is 17.3 Å². The van der Waals surface area contributed by atoms with Crippen LogP contribution in [0.15, 0.2) is 12.4 Å². The van der Waals surface area contributed by atoms with E-state index in [0.29, 0.717) is 18.8 Å². The Hall–Kier alpha value is -2.22. The van der Waals surface area contributed by atoms with Gasteiger partial charge in [0.2, 0.25) is 5.91 Å². The lowest BCUT2D eigenvalue weighted by atomic mass is 10.2. The summed E-state index contributed by atoms with van der Waals surface area (Å²) in [6.07, 6.45) is 2.98. The molecule has 2 heterocycles. The smallest absolute Gasteiger partial charge is 0.326 e. The predicted octanol–water partition coefficient (Wildman–Crippen LogP) is 2.04. The largest absolute Gasteiger partial charge is 0.480 e. The third-order valence-electron chi connectivity index (χ3n) is 3.41. The Labute approximate surface area is 138 Å². The molecule has 2 aromatic heterocycles.